The zero-order chi connectivity index (χ0) is 15.2. The van der Waals surface area contributed by atoms with Gasteiger partial charge in [0.25, 0.3) is 0 Å². The maximum atomic E-state index is 11.2. The highest BCUT2D eigenvalue weighted by molar-refractivity contribution is 7.98. The van der Waals surface area contributed by atoms with Crippen LogP contribution >= 0.6 is 11.8 Å². The van der Waals surface area contributed by atoms with E-state index in [2.05, 4.69) is 19.1 Å². The van der Waals surface area contributed by atoms with E-state index in [9.17, 15) is 4.79 Å². The van der Waals surface area contributed by atoms with Crippen LogP contribution in [0.5, 0.6) is 5.75 Å². The molecule has 0 aliphatic carbocycles. The van der Waals surface area contributed by atoms with Crippen LogP contribution in [-0.2, 0) is 12.2 Å². The Bertz CT molecular complexity index is 618. The van der Waals surface area contributed by atoms with Crippen molar-refractivity contribution in [1.82, 2.24) is 0 Å². The molecule has 0 spiro atoms. The molecule has 0 aliphatic rings. The first kappa shape index (κ1) is 15.6. The fraction of sp³-hybridized carbons (Fsp3) is 0.278. The number of carbonyl (C=O) groups excluding carboxylic acids is 1. The monoisotopic (exact) mass is 300 g/mol. The van der Waals surface area contributed by atoms with Crippen molar-refractivity contribution in [2.45, 2.75) is 30.9 Å². The Morgan fingerprint density at radius 2 is 1.86 bits per heavy atom. The molecule has 21 heavy (non-hydrogen) atoms. The van der Waals surface area contributed by atoms with Crippen LogP contribution in [0, 0.1) is 0 Å². The lowest BCUT2D eigenvalue weighted by molar-refractivity contribution is 0.101. The standard InChI is InChI=1S/C18H20O2S/c1-4-15-11-14(5-10-18(15)20-3)12-21-17-8-6-16(7-9-17)13(2)19/h5-11H,4,12H2,1-3H3. The third kappa shape index (κ3) is 4.11. The number of carbonyl (C=O) groups is 1. The molecule has 0 N–H and O–H groups in total. The number of ether oxygens (including phenoxy) is 1. The molecule has 0 atom stereocenters. The Kier molecular flexibility index (Phi) is 5.45. The van der Waals surface area contributed by atoms with E-state index >= 15 is 0 Å². The number of thioether (sulfide) groups is 1. The lowest BCUT2D eigenvalue weighted by Gasteiger charge is -2.09. The topological polar surface area (TPSA) is 26.3 Å². The van der Waals surface area contributed by atoms with Crippen molar-refractivity contribution < 1.29 is 9.53 Å². The van der Waals surface area contributed by atoms with Gasteiger partial charge in [-0.15, -0.1) is 11.8 Å². The van der Waals surface area contributed by atoms with Crippen LogP contribution in [0.1, 0.15) is 35.3 Å². The van der Waals surface area contributed by atoms with Gasteiger partial charge in [0.05, 0.1) is 7.11 Å². The van der Waals surface area contributed by atoms with E-state index in [4.69, 9.17) is 4.74 Å². The lowest BCUT2D eigenvalue weighted by atomic mass is 10.1. The molecule has 0 unspecified atom stereocenters. The maximum Gasteiger partial charge on any atom is 0.159 e. The van der Waals surface area contributed by atoms with Crippen LogP contribution in [0.25, 0.3) is 0 Å². The van der Waals surface area contributed by atoms with E-state index < -0.39 is 0 Å². The van der Waals surface area contributed by atoms with Crippen molar-refractivity contribution in [3.63, 3.8) is 0 Å². The Morgan fingerprint density at radius 3 is 2.43 bits per heavy atom. The van der Waals surface area contributed by atoms with E-state index in [1.165, 1.54) is 16.0 Å². The molecule has 0 saturated carbocycles. The van der Waals surface area contributed by atoms with Crippen molar-refractivity contribution in [1.29, 1.82) is 0 Å². The van der Waals surface area contributed by atoms with Crippen LogP contribution in [-0.4, -0.2) is 12.9 Å². The van der Waals surface area contributed by atoms with Gasteiger partial charge >= 0.3 is 0 Å². The zero-order valence-corrected chi connectivity index (χ0v) is 13.5. The predicted molar refractivity (Wildman–Crippen MR) is 88.4 cm³/mol. The minimum atomic E-state index is 0.106. The van der Waals surface area contributed by atoms with Crippen molar-refractivity contribution in [2.75, 3.05) is 7.11 Å². The number of aryl methyl sites for hydroxylation is 1. The molecule has 2 aromatic carbocycles. The van der Waals surface area contributed by atoms with E-state index in [1.54, 1.807) is 25.8 Å². The van der Waals surface area contributed by atoms with E-state index in [0.717, 1.165) is 23.5 Å². The summed E-state index contributed by atoms with van der Waals surface area (Å²) < 4.78 is 5.35. The van der Waals surface area contributed by atoms with Gasteiger partial charge in [0.1, 0.15) is 5.75 Å². The van der Waals surface area contributed by atoms with E-state index in [-0.39, 0.29) is 5.78 Å². The van der Waals surface area contributed by atoms with Gasteiger partial charge in [0, 0.05) is 16.2 Å². The molecule has 0 fully saturated rings. The molecule has 110 valence electrons. The van der Waals surface area contributed by atoms with Crippen LogP contribution in [0.3, 0.4) is 0 Å². The number of Topliss-reactive ketones (excluding diaryl/α,β-unsaturated/α-hetero) is 1. The normalized spacial score (nSPS) is 10.4. The van der Waals surface area contributed by atoms with Gasteiger partial charge in [0.2, 0.25) is 0 Å². The number of benzene rings is 2. The minimum Gasteiger partial charge on any atom is -0.496 e. The molecule has 3 heteroatoms. The van der Waals surface area contributed by atoms with Crippen LogP contribution in [0.4, 0.5) is 0 Å². The van der Waals surface area contributed by atoms with Gasteiger partial charge in [-0.05, 0) is 42.7 Å². The van der Waals surface area contributed by atoms with Crippen LogP contribution < -0.4 is 4.74 Å². The summed E-state index contributed by atoms with van der Waals surface area (Å²) in [6.45, 7) is 3.72. The van der Waals surface area contributed by atoms with Gasteiger partial charge in [-0.2, -0.15) is 0 Å². The summed E-state index contributed by atoms with van der Waals surface area (Å²) in [5, 5.41) is 0. The summed E-state index contributed by atoms with van der Waals surface area (Å²) in [4.78, 5) is 12.4. The second-order valence-electron chi connectivity index (χ2n) is 4.87. The number of rotatable bonds is 6. The summed E-state index contributed by atoms with van der Waals surface area (Å²) in [7, 11) is 1.71. The molecular formula is C18H20O2S. The second kappa shape index (κ2) is 7.32. The fourth-order valence-electron chi connectivity index (χ4n) is 2.15. The van der Waals surface area contributed by atoms with Gasteiger partial charge < -0.3 is 4.74 Å². The number of ketones is 1. The number of methoxy groups -OCH3 is 1. The SMILES string of the molecule is CCc1cc(CSc2ccc(C(C)=O)cc2)ccc1OC. The average Bonchev–Trinajstić information content (AvgIpc) is 2.52. The lowest BCUT2D eigenvalue weighted by Crippen LogP contribution is -1.93. The first-order chi connectivity index (χ1) is 10.1. The summed E-state index contributed by atoms with van der Waals surface area (Å²) in [5.74, 6) is 1.97. The Morgan fingerprint density at radius 1 is 1.14 bits per heavy atom. The van der Waals surface area contributed by atoms with E-state index in [0.29, 0.717) is 0 Å². The largest absolute Gasteiger partial charge is 0.496 e. The smallest absolute Gasteiger partial charge is 0.159 e. The van der Waals surface area contributed by atoms with Crippen molar-refractivity contribution in [3.05, 3.63) is 59.2 Å². The molecule has 0 aliphatic heterocycles. The van der Waals surface area contributed by atoms with Gasteiger partial charge in [-0.1, -0.05) is 31.2 Å². The molecule has 0 radical (unpaired) electrons. The molecule has 0 amide bonds. The molecular weight excluding hydrogens is 280 g/mol. The fourth-order valence-corrected chi connectivity index (χ4v) is 2.99. The third-order valence-electron chi connectivity index (χ3n) is 3.39. The quantitative estimate of drug-likeness (QED) is 0.568. The summed E-state index contributed by atoms with van der Waals surface area (Å²) >= 11 is 1.77. The molecule has 2 nitrogen and oxygen atoms in total. The summed E-state index contributed by atoms with van der Waals surface area (Å²) in [6, 6.07) is 14.1. The molecule has 2 rings (SSSR count). The van der Waals surface area contributed by atoms with Crippen LogP contribution in [0.2, 0.25) is 0 Å². The van der Waals surface area contributed by atoms with Crippen molar-refractivity contribution in [3.8, 4) is 5.75 Å². The number of hydrogen-bond donors (Lipinski definition) is 0. The molecule has 0 heterocycles. The molecule has 2 aromatic rings. The van der Waals surface area contributed by atoms with Gasteiger partial charge in [-0.3, -0.25) is 4.79 Å². The highest BCUT2D eigenvalue weighted by Crippen LogP contribution is 2.26. The third-order valence-corrected chi connectivity index (χ3v) is 4.48. The van der Waals surface area contributed by atoms with Gasteiger partial charge in [-0.25, -0.2) is 0 Å². The summed E-state index contributed by atoms with van der Waals surface area (Å²) in [6.07, 6.45) is 0.967. The van der Waals surface area contributed by atoms with Crippen molar-refractivity contribution >= 4 is 17.5 Å². The first-order valence-corrected chi connectivity index (χ1v) is 8.02. The predicted octanol–water partition coefficient (Wildman–Crippen LogP) is 4.75. The molecule has 0 saturated heterocycles. The Labute approximate surface area is 130 Å². The van der Waals surface area contributed by atoms with Gasteiger partial charge in [0.15, 0.2) is 5.78 Å². The highest BCUT2D eigenvalue weighted by Gasteiger charge is 2.04. The minimum absolute atomic E-state index is 0.106. The van der Waals surface area contributed by atoms with E-state index in [1.807, 2.05) is 30.3 Å². The molecule has 0 bridgehead atoms. The second-order valence-corrected chi connectivity index (χ2v) is 5.92. The Hall–Kier alpha value is -1.74. The molecule has 0 aromatic heterocycles. The zero-order valence-electron chi connectivity index (χ0n) is 12.7. The Balaban J connectivity index is 2.04. The average molecular weight is 300 g/mol. The maximum absolute atomic E-state index is 11.2. The highest BCUT2D eigenvalue weighted by atomic mass is 32.2. The number of hydrogen-bond acceptors (Lipinski definition) is 3. The van der Waals surface area contributed by atoms with Crippen LogP contribution in [0.15, 0.2) is 47.4 Å². The van der Waals surface area contributed by atoms with Crippen molar-refractivity contribution in [2.24, 2.45) is 0 Å². The summed E-state index contributed by atoms with van der Waals surface area (Å²) in [5.41, 5.74) is 3.29. The first-order valence-electron chi connectivity index (χ1n) is 7.03.